The molecule has 4 nitrogen and oxygen atoms in total. The van der Waals surface area contributed by atoms with Gasteiger partial charge in [0, 0.05) is 25.5 Å². The highest BCUT2D eigenvalue weighted by Crippen LogP contribution is 2.43. The standard InChI is InChI=1S/C12H12F2O4S/c1-7(15)11(16)9-2-3-10(18-9)19(17)6-8-4-12(13,14)5-8/h2-3,8H,4-6H2,1H3. The van der Waals surface area contributed by atoms with Crippen LogP contribution in [-0.4, -0.2) is 27.5 Å². The molecule has 19 heavy (non-hydrogen) atoms. The van der Waals surface area contributed by atoms with Crippen LogP contribution in [0.4, 0.5) is 8.78 Å². The SMILES string of the molecule is CC(=O)C(=O)c1ccc(S(=O)CC2CC(F)(F)C2)o1. The molecule has 1 aliphatic carbocycles. The van der Waals surface area contributed by atoms with E-state index in [0.29, 0.717) is 0 Å². The van der Waals surface area contributed by atoms with E-state index in [0.717, 1.165) is 6.92 Å². The van der Waals surface area contributed by atoms with Gasteiger partial charge in [-0.05, 0) is 18.1 Å². The first-order valence-electron chi connectivity index (χ1n) is 5.70. The highest BCUT2D eigenvalue weighted by atomic mass is 32.2. The maximum absolute atomic E-state index is 12.6. The van der Waals surface area contributed by atoms with Crippen molar-refractivity contribution in [2.45, 2.75) is 30.8 Å². The van der Waals surface area contributed by atoms with Crippen molar-refractivity contribution in [3.05, 3.63) is 17.9 Å². The predicted molar refractivity (Wildman–Crippen MR) is 62.7 cm³/mol. The third-order valence-corrected chi connectivity index (χ3v) is 4.35. The summed E-state index contributed by atoms with van der Waals surface area (Å²) in [7, 11) is -1.57. The lowest BCUT2D eigenvalue weighted by atomic mass is 9.83. The average molecular weight is 290 g/mol. The quantitative estimate of drug-likeness (QED) is 0.616. The zero-order chi connectivity index (χ0) is 14.2. The number of ketones is 2. The molecule has 0 spiro atoms. The maximum atomic E-state index is 12.6. The van der Waals surface area contributed by atoms with Gasteiger partial charge < -0.3 is 4.42 Å². The largest absolute Gasteiger partial charge is 0.444 e. The molecule has 1 heterocycles. The Bertz CT molecular complexity index is 542. The minimum atomic E-state index is -2.65. The van der Waals surface area contributed by atoms with Gasteiger partial charge in [0.15, 0.2) is 10.9 Å². The Morgan fingerprint density at radius 1 is 1.42 bits per heavy atom. The van der Waals surface area contributed by atoms with Crippen molar-refractivity contribution in [2.24, 2.45) is 5.92 Å². The van der Waals surface area contributed by atoms with Crippen LogP contribution >= 0.6 is 0 Å². The predicted octanol–water partition coefficient (Wildman–Crippen LogP) is 2.20. The van der Waals surface area contributed by atoms with Crippen LogP contribution < -0.4 is 0 Å². The number of carbonyl (C=O) groups excluding carboxylic acids is 2. The van der Waals surface area contributed by atoms with Gasteiger partial charge in [-0.2, -0.15) is 0 Å². The summed E-state index contributed by atoms with van der Waals surface area (Å²) in [6.07, 6.45) is -0.530. The summed E-state index contributed by atoms with van der Waals surface area (Å²) in [6, 6.07) is 2.61. The summed E-state index contributed by atoms with van der Waals surface area (Å²) in [6.45, 7) is 1.11. The molecule has 1 aromatic heterocycles. The summed E-state index contributed by atoms with van der Waals surface area (Å²) in [5.74, 6) is -4.50. The molecule has 1 fully saturated rings. The zero-order valence-corrected chi connectivity index (χ0v) is 11.0. The molecule has 0 saturated heterocycles. The van der Waals surface area contributed by atoms with E-state index in [4.69, 9.17) is 4.42 Å². The highest BCUT2D eigenvalue weighted by Gasteiger charge is 2.45. The third kappa shape index (κ3) is 3.15. The molecule has 0 amide bonds. The number of Topliss-reactive ketones (excluding diaryl/α,β-unsaturated/α-hetero) is 2. The molecule has 0 aromatic carbocycles. The van der Waals surface area contributed by atoms with Crippen LogP contribution in [0.5, 0.6) is 0 Å². The normalized spacial score (nSPS) is 19.7. The molecule has 0 N–H and O–H groups in total. The van der Waals surface area contributed by atoms with Gasteiger partial charge in [-0.3, -0.25) is 13.8 Å². The topological polar surface area (TPSA) is 64.3 Å². The van der Waals surface area contributed by atoms with Crippen molar-refractivity contribution in [3.8, 4) is 0 Å². The van der Waals surface area contributed by atoms with Crippen LogP contribution in [0.2, 0.25) is 0 Å². The van der Waals surface area contributed by atoms with E-state index in [1.165, 1.54) is 12.1 Å². The summed E-state index contributed by atoms with van der Waals surface area (Å²) in [5.41, 5.74) is 0. The second-order valence-corrected chi connectivity index (χ2v) is 6.07. The fraction of sp³-hybridized carbons (Fsp3) is 0.500. The molecule has 1 unspecified atom stereocenters. The molecule has 1 atom stereocenters. The van der Waals surface area contributed by atoms with Crippen molar-refractivity contribution in [2.75, 3.05) is 5.75 Å². The summed E-state index contributed by atoms with van der Waals surface area (Å²) >= 11 is 0. The number of hydrogen-bond acceptors (Lipinski definition) is 4. The Balaban J connectivity index is 1.97. The van der Waals surface area contributed by atoms with Gasteiger partial charge in [-0.15, -0.1) is 0 Å². The van der Waals surface area contributed by atoms with Crippen molar-refractivity contribution < 1.29 is 27.0 Å². The Hall–Kier alpha value is -1.37. The first-order valence-corrected chi connectivity index (χ1v) is 7.02. The van der Waals surface area contributed by atoms with E-state index in [2.05, 4.69) is 0 Å². The molecule has 104 valence electrons. The van der Waals surface area contributed by atoms with Crippen molar-refractivity contribution >= 4 is 22.4 Å². The minimum absolute atomic E-state index is 0.0415. The third-order valence-electron chi connectivity index (χ3n) is 2.91. The van der Waals surface area contributed by atoms with Crippen LogP contribution in [0.1, 0.15) is 30.3 Å². The van der Waals surface area contributed by atoms with E-state index in [-0.39, 0.29) is 35.4 Å². The van der Waals surface area contributed by atoms with Crippen molar-refractivity contribution in [1.29, 1.82) is 0 Å². The monoisotopic (exact) mass is 290 g/mol. The minimum Gasteiger partial charge on any atom is -0.444 e. The molecule has 1 aliphatic rings. The second-order valence-electron chi connectivity index (χ2n) is 4.65. The second kappa shape index (κ2) is 4.96. The number of hydrogen-bond donors (Lipinski definition) is 0. The van der Waals surface area contributed by atoms with Gasteiger partial charge in [0.05, 0.1) is 10.8 Å². The molecule has 1 saturated carbocycles. The lowest BCUT2D eigenvalue weighted by Crippen LogP contribution is -2.38. The van der Waals surface area contributed by atoms with Crippen LogP contribution in [0, 0.1) is 5.92 Å². The van der Waals surface area contributed by atoms with Gasteiger partial charge in [0.25, 0.3) is 5.78 Å². The van der Waals surface area contributed by atoms with Crippen LogP contribution in [0.15, 0.2) is 21.6 Å². The number of carbonyl (C=O) groups is 2. The highest BCUT2D eigenvalue weighted by molar-refractivity contribution is 7.84. The van der Waals surface area contributed by atoms with Crippen molar-refractivity contribution in [1.82, 2.24) is 0 Å². The molecule has 0 radical (unpaired) electrons. The van der Waals surface area contributed by atoms with E-state index < -0.39 is 28.3 Å². The lowest BCUT2D eigenvalue weighted by Gasteiger charge is -2.34. The zero-order valence-electron chi connectivity index (χ0n) is 10.2. The van der Waals surface area contributed by atoms with Gasteiger partial charge in [0.1, 0.15) is 0 Å². The van der Waals surface area contributed by atoms with Crippen LogP contribution in [0.3, 0.4) is 0 Å². The maximum Gasteiger partial charge on any atom is 0.263 e. The number of halogens is 2. The summed E-state index contributed by atoms with van der Waals surface area (Å²) in [4.78, 5) is 22.2. The van der Waals surface area contributed by atoms with E-state index in [9.17, 15) is 22.6 Å². The van der Waals surface area contributed by atoms with E-state index in [1.807, 2.05) is 0 Å². The first-order chi connectivity index (χ1) is 8.78. The molecular formula is C12H12F2O4S. The summed E-state index contributed by atoms with van der Waals surface area (Å²) < 4.78 is 42.1. The lowest BCUT2D eigenvalue weighted by molar-refractivity contribution is -0.113. The Labute approximate surface area is 110 Å². The Morgan fingerprint density at radius 2 is 2.05 bits per heavy atom. The van der Waals surface area contributed by atoms with Gasteiger partial charge in [-0.25, -0.2) is 8.78 Å². The summed E-state index contributed by atoms with van der Waals surface area (Å²) in [5, 5.41) is 0.0415. The molecule has 1 aromatic rings. The van der Waals surface area contributed by atoms with Crippen LogP contribution in [0.25, 0.3) is 0 Å². The average Bonchev–Trinajstić information content (AvgIpc) is 2.74. The Morgan fingerprint density at radius 3 is 2.58 bits per heavy atom. The van der Waals surface area contributed by atoms with Gasteiger partial charge >= 0.3 is 0 Å². The van der Waals surface area contributed by atoms with Crippen LogP contribution in [-0.2, 0) is 15.6 Å². The molecule has 0 aliphatic heterocycles. The van der Waals surface area contributed by atoms with E-state index in [1.54, 1.807) is 0 Å². The van der Waals surface area contributed by atoms with Gasteiger partial charge in [-0.1, -0.05) is 0 Å². The number of furan rings is 1. The molecule has 2 rings (SSSR count). The molecule has 7 heteroatoms. The number of rotatable bonds is 5. The fourth-order valence-electron chi connectivity index (χ4n) is 1.94. The Kier molecular flexibility index (Phi) is 3.66. The smallest absolute Gasteiger partial charge is 0.263 e. The molecular weight excluding hydrogens is 278 g/mol. The van der Waals surface area contributed by atoms with Crippen molar-refractivity contribution in [3.63, 3.8) is 0 Å². The molecule has 0 bridgehead atoms. The van der Waals surface area contributed by atoms with E-state index >= 15 is 0 Å². The fourth-order valence-corrected chi connectivity index (χ4v) is 3.17. The number of alkyl halides is 2. The first kappa shape index (κ1) is 14.0. The van der Waals surface area contributed by atoms with Gasteiger partial charge in [0.2, 0.25) is 11.7 Å².